The Morgan fingerprint density at radius 1 is 1.08 bits per heavy atom. The molecule has 0 saturated heterocycles. The van der Waals surface area contributed by atoms with Gasteiger partial charge in [0.25, 0.3) is 0 Å². The van der Waals surface area contributed by atoms with Gasteiger partial charge in [-0.25, -0.2) is 9.67 Å². The zero-order valence-electron chi connectivity index (χ0n) is 19.3. The van der Waals surface area contributed by atoms with Crippen molar-refractivity contribution in [1.82, 2.24) is 35.1 Å². The molecule has 10 heteroatoms. The third-order valence-electron chi connectivity index (χ3n) is 6.52. The summed E-state index contributed by atoms with van der Waals surface area (Å²) in [5.74, 6) is 0.552. The van der Waals surface area contributed by atoms with Crippen molar-refractivity contribution in [3.63, 3.8) is 0 Å². The predicted molar refractivity (Wildman–Crippen MR) is 139 cm³/mol. The SMILES string of the molecule is O=C(Cn1nnnc1C(Nc1ccc2[nH]cnc2c1)c1ccc(Br)cc1)N1CCc2ccccc2C1. The maximum absolute atomic E-state index is 13.3. The second-order valence-corrected chi connectivity index (χ2v) is 9.71. The van der Waals surface area contributed by atoms with Crippen LogP contribution in [0, 0.1) is 0 Å². The van der Waals surface area contributed by atoms with Gasteiger partial charge in [-0.1, -0.05) is 52.3 Å². The summed E-state index contributed by atoms with van der Waals surface area (Å²) in [6, 6.07) is 21.8. The number of amides is 1. The van der Waals surface area contributed by atoms with Gasteiger partial charge in [0.05, 0.1) is 17.4 Å². The van der Waals surface area contributed by atoms with Crippen LogP contribution >= 0.6 is 15.9 Å². The highest BCUT2D eigenvalue weighted by Crippen LogP contribution is 2.28. The van der Waals surface area contributed by atoms with Crippen LogP contribution in [0.3, 0.4) is 0 Å². The zero-order chi connectivity index (χ0) is 24.5. The van der Waals surface area contributed by atoms with E-state index < -0.39 is 0 Å². The summed E-state index contributed by atoms with van der Waals surface area (Å²) in [6.45, 7) is 1.35. The summed E-state index contributed by atoms with van der Waals surface area (Å²) >= 11 is 3.51. The molecular weight excluding hydrogens is 520 g/mol. The number of aromatic amines is 1. The molecule has 180 valence electrons. The van der Waals surface area contributed by atoms with Crippen LogP contribution in [0.5, 0.6) is 0 Å². The van der Waals surface area contributed by atoms with E-state index in [0.29, 0.717) is 18.9 Å². The number of fused-ring (bicyclic) bond motifs is 2. The Hall–Kier alpha value is -4.05. The number of nitrogens with one attached hydrogen (secondary N) is 2. The highest BCUT2D eigenvalue weighted by Gasteiger charge is 2.26. The van der Waals surface area contributed by atoms with Crippen molar-refractivity contribution in [3.05, 3.63) is 100 Å². The zero-order valence-corrected chi connectivity index (χ0v) is 20.9. The van der Waals surface area contributed by atoms with Crippen LogP contribution in [0.2, 0.25) is 0 Å². The average Bonchev–Trinajstić information content (AvgIpc) is 3.57. The van der Waals surface area contributed by atoms with Crippen molar-refractivity contribution in [2.45, 2.75) is 25.6 Å². The Bertz CT molecular complexity index is 1530. The van der Waals surface area contributed by atoms with Crippen LogP contribution in [0.25, 0.3) is 11.0 Å². The lowest BCUT2D eigenvalue weighted by molar-refractivity contribution is -0.133. The van der Waals surface area contributed by atoms with Crippen LogP contribution in [0.15, 0.2) is 77.5 Å². The van der Waals surface area contributed by atoms with Gasteiger partial charge in [-0.15, -0.1) is 5.10 Å². The molecule has 6 rings (SSSR count). The number of imidazole rings is 1. The standard InChI is InChI=1S/C26H23BrN8O/c27-20-7-5-18(6-8-20)25(30-21-9-10-22-23(13-21)29-16-28-22)26-31-32-33-35(26)15-24(36)34-12-11-17-3-1-2-4-19(17)14-34/h1-10,13,16,25,30H,11-12,14-15H2,(H,28,29). The number of hydrogen-bond acceptors (Lipinski definition) is 6. The van der Waals surface area contributed by atoms with Crippen molar-refractivity contribution in [2.24, 2.45) is 0 Å². The average molecular weight is 543 g/mol. The summed E-state index contributed by atoms with van der Waals surface area (Å²) in [6.07, 6.45) is 2.52. The van der Waals surface area contributed by atoms with E-state index in [4.69, 9.17) is 0 Å². The molecule has 0 fully saturated rings. The topological polar surface area (TPSA) is 105 Å². The Balaban J connectivity index is 1.28. The lowest BCUT2D eigenvalue weighted by Gasteiger charge is -2.29. The molecule has 1 unspecified atom stereocenters. The summed E-state index contributed by atoms with van der Waals surface area (Å²) < 4.78 is 2.57. The number of carbonyl (C=O) groups excluding carboxylic acids is 1. The van der Waals surface area contributed by atoms with E-state index >= 15 is 0 Å². The monoisotopic (exact) mass is 542 g/mol. The van der Waals surface area contributed by atoms with Gasteiger partial charge in [0.2, 0.25) is 5.91 Å². The number of H-pyrrole nitrogens is 1. The number of aromatic nitrogens is 6. The first-order valence-electron chi connectivity index (χ1n) is 11.7. The van der Waals surface area contributed by atoms with Crippen LogP contribution in [0.1, 0.15) is 28.6 Å². The molecule has 3 heterocycles. The van der Waals surface area contributed by atoms with Gasteiger partial charge in [0.1, 0.15) is 12.6 Å². The number of anilines is 1. The van der Waals surface area contributed by atoms with Crippen molar-refractivity contribution >= 4 is 38.6 Å². The maximum Gasteiger partial charge on any atom is 0.244 e. The summed E-state index contributed by atoms with van der Waals surface area (Å²) in [5, 5.41) is 16.0. The smallest absolute Gasteiger partial charge is 0.244 e. The van der Waals surface area contributed by atoms with E-state index in [1.807, 2.05) is 59.5 Å². The predicted octanol–water partition coefficient (Wildman–Crippen LogP) is 4.10. The Kier molecular flexibility index (Phi) is 5.94. The van der Waals surface area contributed by atoms with Gasteiger partial charge < -0.3 is 15.2 Å². The summed E-state index contributed by atoms with van der Waals surface area (Å²) in [4.78, 5) is 22.6. The minimum absolute atomic E-state index is 0.00875. The Morgan fingerprint density at radius 2 is 1.92 bits per heavy atom. The van der Waals surface area contributed by atoms with Crippen LogP contribution in [0.4, 0.5) is 5.69 Å². The first kappa shape index (κ1) is 22.4. The Labute approximate surface area is 215 Å². The van der Waals surface area contributed by atoms with Gasteiger partial charge in [0.15, 0.2) is 5.82 Å². The first-order valence-corrected chi connectivity index (χ1v) is 12.5. The largest absolute Gasteiger partial charge is 0.371 e. The molecule has 2 aromatic heterocycles. The highest BCUT2D eigenvalue weighted by atomic mass is 79.9. The molecule has 1 aliphatic heterocycles. The molecule has 1 aliphatic rings. The summed E-state index contributed by atoms with van der Waals surface area (Å²) in [7, 11) is 0. The number of benzene rings is 3. The number of rotatable bonds is 6. The first-order chi connectivity index (χ1) is 17.6. The van der Waals surface area contributed by atoms with Gasteiger partial charge in [0, 0.05) is 23.2 Å². The molecule has 0 bridgehead atoms. The number of carbonyl (C=O) groups is 1. The fourth-order valence-electron chi connectivity index (χ4n) is 4.61. The van der Waals surface area contributed by atoms with Crippen LogP contribution in [-0.2, 0) is 24.3 Å². The molecule has 0 aliphatic carbocycles. The summed E-state index contributed by atoms with van der Waals surface area (Å²) in [5.41, 5.74) is 6.15. The van der Waals surface area contributed by atoms with E-state index in [1.165, 1.54) is 11.1 Å². The third kappa shape index (κ3) is 4.47. The maximum atomic E-state index is 13.3. The number of halogens is 1. The fraction of sp³-hybridized carbons (Fsp3) is 0.192. The molecule has 0 spiro atoms. The van der Waals surface area contributed by atoms with Gasteiger partial charge >= 0.3 is 0 Å². The molecule has 0 radical (unpaired) electrons. The van der Waals surface area contributed by atoms with Crippen LogP contribution < -0.4 is 5.32 Å². The normalized spacial score (nSPS) is 14.0. The minimum Gasteiger partial charge on any atom is -0.371 e. The molecule has 0 saturated carbocycles. The van der Waals surface area contributed by atoms with E-state index in [2.05, 4.69) is 58.9 Å². The van der Waals surface area contributed by atoms with Gasteiger partial charge in [-0.05, 0) is 63.9 Å². The molecule has 2 N–H and O–H groups in total. The van der Waals surface area contributed by atoms with Crippen molar-refractivity contribution in [1.29, 1.82) is 0 Å². The van der Waals surface area contributed by atoms with Crippen molar-refractivity contribution in [3.8, 4) is 0 Å². The fourth-order valence-corrected chi connectivity index (χ4v) is 4.87. The highest BCUT2D eigenvalue weighted by molar-refractivity contribution is 9.10. The van der Waals surface area contributed by atoms with Gasteiger partial charge in [-0.2, -0.15) is 0 Å². The molecule has 1 amide bonds. The number of nitrogens with zero attached hydrogens (tertiary/aromatic N) is 6. The number of tetrazole rings is 1. The molecule has 3 aromatic carbocycles. The number of hydrogen-bond donors (Lipinski definition) is 2. The minimum atomic E-state index is -0.376. The van der Waals surface area contributed by atoms with E-state index in [1.54, 1.807) is 11.0 Å². The second-order valence-electron chi connectivity index (χ2n) is 8.79. The Morgan fingerprint density at radius 3 is 2.78 bits per heavy atom. The molecule has 9 nitrogen and oxygen atoms in total. The molecule has 5 aromatic rings. The molecular formula is C26H23BrN8O. The second kappa shape index (κ2) is 9.54. The van der Waals surface area contributed by atoms with Gasteiger partial charge in [-0.3, -0.25) is 4.79 Å². The van der Waals surface area contributed by atoms with Crippen LogP contribution in [-0.4, -0.2) is 47.5 Å². The van der Waals surface area contributed by atoms with E-state index in [-0.39, 0.29) is 18.5 Å². The lowest BCUT2D eigenvalue weighted by atomic mass is 10.00. The third-order valence-corrected chi connectivity index (χ3v) is 7.05. The van der Waals surface area contributed by atoms with E-state index in [0.717, 1.165) is 33.2 Å². The van der Waals surface area contributed by atoms with Crippen molar-refractivity contribution in [2.75, 3.05) is 11.9 Å². The van der Waals surface area contributed by atoms with E-state index in [9.17, 15) is 4.79 Å². The quantitative estimate of drug-likeness (QED) is 0.334. The van der Waals surface area contributed by atoms with Crippen molar-refractivity contribution < 1.29 is 4.79 Å². The molecule has 1 atom stereocenters. The lowest BCUT2D eigenvalue weighted by Crippen LogP contribution is -2.38. The molecule has 36 heavy (non-hydrogen) atoms.